The van der Waals surface area contributed by atoms with E-state index in [0.717, 1.165) is 23.4 Å². The summed E-state index contributed by atoms with van der Waals surface area (Å²) in [6.07, 6.45) is 1.47. The highest BCUT2D eigenvalue weighted by Gasteiger charge is 2.28. The molecule has 1 aliphatic rings. The van der Waals surface area contributed by atoms with Crippen LogP contribution in [0.3, 0.4) is 0 Å². The molecule has 1 atom stereocenters. The van der Waals surface area contributed by atoms with Crippen molar-refractivity contribution in [2.45, 2.75) is 32.2 Å². The minimum absolute atomic E-state index is 0.217. The Morgan fingerprint density at radius 2 is 2.22 bits per heavy atom. The maximum absolute atomic E-state index is 12.2. The summed E-state index contributed by atoms with van der Waals surface area (Å²) in [5.74, 6) is 1.22. The second-order valence-corrected chi connectivity index (χ2v) is 6.59. The van der Waals surface area contributed by atoms with Crippen molar-refractivity contribution in [1.29, 1.82) is 0 Å². The Labute approximate surface area is 138 Å². The molecule has 2 heterocycles. The van der Waals surface area contributed by atoms with E-state index in [0.29, 0.717) is 17.3 Å². The molecule has 0 saturated carbocycles. The van der Waals surface area contributed by atoms with Gasteiger partial charge in [-0.2, -0.15) is 0 Å². The molecule has 1 aliphatic heterocycles. The number of carbonyl (C=O) groups is 1. The first kappa shape index (κ1) is 15.8. The van der Waals surface area contributed by atoms with E-state index >= 15 is 0 Å². The summed E-state index contributed by atoms with van der Waals surface area (Å²) in [6.45, 7) is 3.97. The van der Waals surface area contributed by atoms with Gasteiger partial charge in [0, 0.05) is 10.9 Å². The number of ether oxygens (including phenoxy) is 2. The molecule has 2 aromatic rings. The number of aromatic nitrogens is 1. The maximum atomic E-state index is 12.2. The predicted octanol–water partition coefficient (Wildman–Crippen LogP) is 2.99. The molecule has 0 spiro atoms. The minimum atomic E-state index is -0.890. The molecule has 0 aliphatic carbocycles. The van der Waals surface area contributed by atoms with Gasteiger partial charge < -0.3 is 20.5 Å². The summed E-state index contributed by atoms with van der Waals surface area (Å²) < 4.78 is 10.7. The van der Waals surface area contributed by atoms with Gasteiger partial charge in [0.1, 0.15) is 0 Å². The third-order valence-electron chi connectivity index (χ3n) is 3.68. The van der Waals surface area contributed by atoms with Crippen LogP contribution in [-0.2, 0) is 4.79 Å². The summed E-state index contributed by atoms with van der Waals surface area (Å²) in [4.78, 5) is 16.7. The van der Waals surface area contributed by atoms with Crippen LogP contribution in [0, 0.1) is 0 Å². The lowest BCUT2D eigenvalue weighted by Crippen LogP contribution is -2.48. The lowest BCUT2D eigenvalue weighted by molar-refractivity contribution is -0.120. The molecular formula is C16H19N3O3S. The number of thiazole rings is 1. The number of nitrogens with zero attached hydrogens (tertiary/aromatic N) is 1. The monoisotopic (exact) mass is 333 g/mol. The Kier molecular flexibility index (Phi) is 4.23. The van der Waals surface area contributed by atoms with E-state index in [9.17, 15) is 4.79 Å². The Morgan fingerprint density at radius 3 is 3.00 bits per heavy atom. The van der Waals surface area contributed by atoms with Crippen molar-refractivity contribution >= 4 is 22.4 Å². The van der Waals surface area contributed by atoms with E-state index in [2.05, 4.69) is 10.3 Å². The number of fused-ring (bicyclic) bond motifs is 1. The summed E-state index contributed by atoms with van der Waals surface area (Å²) in [7, 11) is 0. The molecule has 6 nitrogen and oxygen atoms in total. The van der Waals surface area contributed by atoms with E-state index in [1.54, 1.807) is 6.92 Å². The van der Waals surface area contributed by atoms with Gasteiger partial charge >= 0.3 is 0 Å². The number of nitrogens with two attached hydrogens (primary N) is 1. The topological polar surface area (TPSA) is 86.5 Å². The number of hydrogen-bond acceptors (Lipinski definition) is 6. The lowest BCUT2D eigenvalue weighted by atomic mass is 9.97. The third-order valence-corrected chi connectivity index (χ3v) is 4.44. The van der Waals surface area contributed by atoms with E-state index in [1.807, 2.05) is 30.5 Å². The van der Waals surface area contributed by atoms with Crippen LogP contribution in [0.15, 0.2) is 23.6 Å². The highest BCUT2D eigenvalue weighted by molar-refractivity contribution is 7.14. The highest BCUT2D eigenvalue weighted by Crippen LogP contribution is 2.36. The van der Waals surface area contributed by atoms with Crippen molar-refractivity contribution < 1.29 is 14.3 Å². The van der Waals surface area contributed by atoms with E-state index in [4.69, 9.17) is 15.2 Å². The number of amides is 1. The normalized spacial score (nSPS) is 15.3. The molecule has 0 saturated heterocycles. The lowest BCUT2D eigenvalue weighted by Gasteiger charge is -2.21. The number of carbonyl (C=O) groups excluding carboxylic acids is 1. The van der Waals surface area contributed by atoms with Crippen molar-refractivity contribution in [3.05, 3.63) is 23.6 Å². The first-order valence-electron chi connectivity index (χ1n) is 7.45. The standard InChI is InChI=1S/C16H19N3O3S/c1-3-6-16(2,17)14(20)19-15-18-11(8-23-15)10-4-5-12-13(7-10)22-9-21-12/h4-5,7-8H,3,6,9,17H2,1-2H3,(H,18,19,20). The van der Waals surface area contributed by atoms with Crippen molar-refractivity contribution in [2.24, 2.45) is 5.73 Å². The van der Waals surface area contributed by atoms with Gasteiger partial charge in [0.15, 0.2) is 16.6 Å². The first-order chi connectivity index (χ1) is 11.0. The SMILES string of the molecule is CCCC(C)(N)C(=O)Nc1nc(-c2ccc3c(c2)OCO3)cs1. The van der Waals surface area contributed by atoms with E-state index in [-0.39, 0.29) is 12.7 Å². The van der Waals surface area contributed by atoms with Crippen LogP contribution in [0.1, 0.15) is 26.7 Å². The first-order valence-corrected chi connectivity index (χ1v) is 8.33. The molecule has 3 N–H and O–H groups in total. The average Bonchev–Trinajstić information content (AvgIpc) is 3.14. The zero-order chi connectivity index (χ0) is 16.4. The van der Waals surface area contributed by atoms with Gasteiger partial charge in [-0.25, -0.2) is 4.98 Å². The van der Waals surface area contributed by atoms with E-state index in [1.165, 1.54) is 11.3 Å². The summed E-state index contributed by atoms with van der Waals surface area (Å²) >= 11 is 1.37. The molecule has 0 bridgehead atoms. The van der Waals surface area contributed by atoms with Crippen LogP contribution < -0.4 is 20.5 Å². The third kappa shape index (κ3) is 3.30. The molecular weight excluding hydrogens is 314 g/mol. The molecule has 0 radical (unpaired) electrons. The van der Waals surface area contributed by atoms with Crippen LogP contribution in [-0.4, -0.2) is 23.2 Å². The average molecular weight is 333 g/mol. The van der Waals surface area contributed by atoms with Crippen molar-refractivity contribution in [1.82, 2.24) is 4.98 Å². The van der Waals surface area contributed by atoms with Gasteiger partial charge in [-0.1, -0.05) is 13.3 Å². The molecule has 7 heteroatoms. The molecule has 122 valence electrons. The quantitative estimate of drug-likeness (QED) is 0.878. The summed E-state index contributed by atoms with van der Waals surface area (Å²) in [5.41, 5.74) is 6.83. The van der Waals surface area contributed by atoms with Gasteiger partial charge in [-0.3, -0.25) is 4.79 Å². The number of rotatable bonds is 5. The smallest absolute Gasteiger partial charge is 0.245 e. The van der Waals surface area contributed by atoms with Crippen molar-refractivity contribution in [3.63, 3.8) is 0 Å². The van der Waals surface area contributed by atoms with Gasteiger partial charge in [0.2, 0.25) is 12.7 Å². The summed E-state index contributed by atoms with van der Waals surface area (Å²) in [6, 6.07) is 5.65. The number of hydrogen-bond donors (Lipinski definition) is 2. The second kappa shape index (κ2) is 6.17. The number of anilines is 1. The predicted molar refractivity (Wildman–Crippen MR) is 89.8 cm³/mol. The zero-order valence-corrected chi connectivity index (χ0v) is 13.9. The van der Waals surface area contributed by atoms with Gasteiger partial charge in [0.05, 0.1) is 11.2 Å². The van der Waals surface area contributed by atoms with Crippen molar-refractivity contribution in [3.8, 4) is 22.8 Å². The molecule has 1 aromatic heterocycles. The Morgan fingerprint density at radius 1 is 1.43 bits per heavy atom. The van der Waals surface area contributed by atoms with Crippen LogP contribution >= 0.6 is 11.3 Å². The number of nitrogens with one attached hydrogen (secondary N) is 1. The maximum Gasteiger partial charge on any atom is 0.245 e. The van der Waals surface area contributed by atoms with Crippen molar-refractivity contribution in [2.75, 3.05) is 12.1 Å². The largest absolute Gasteiger partial charge is 0.454 e. The fraction of sp³-hybridized carbons (Fsp3) is 0.375. The Balaban J connectivity index is 1.75. The Bertz CT molecular complexity index is 727. The molecule has 3 rings (SSSR count). The van der Waals surface area contributed by atoms with Crippen LogP contribution in [0.5, 0.6) is 11.5 Å². The van der Waals surface area contributed by atoms with Crippen LogP contribution in [0.2, 0.25) is 0 Å². The van der Waals surface area contributed by atoms with Crippen LogP contribution in [0.25, 0.3) is 11.3 Å². The van der Waals surface area contributed by atoms with E-state index < -0.39 is 5.54 Å². The molecule has 1 aromatic carbocycles. The molecule has 1 unspecified atom stereocenters. The van der Waals surface area contributed by atoms with Crippen LogP contribution in [0.4, 0.5) is 5.13 Å². The summed E-state index contributed by atoms with van der Waals surface area (Å²) in [5, 5.41) is 5.22. The Hall–Kier alpha value is -2.12. The highest BCUT2D eigenvalue weighted by atomic mass is 32.1. The van der Waals surface area contributed by atoms with Gasteiger partial charge in [-0.15, -0.1) is 11.3 Å². The second-order valence-electron chi connectivity index (χ2n) is 5.73. The van der Waals surface area contributed by atoms with Gasteiger partial charge in [-0.05, 0) is 31.5 Å². The molecule has 1 amide bonds. The van der Waals surface area contributed by atoms with Gasteiger partial charge in [0.25, 0.3) is 0 Å². The zero-order valence-electron chi connectivity index (χ0n) is 13.1. The fourth-order valence-electron chi connectivity index (χ4n) is 2.39. The fourth-order valence-corrected chi connectivity index (χ4v) is 3.11. The molecule has 23 heavy (non-hydrogen) atoms. The number of benzene rings is 1. The minimum Gasteiger partial charge on any atom is -0.454 e. The molecule has 0 fully saturated rings.